The number of aliphatic imine (C=N–C) groups is 1. The van der Waals surface area contributed by atoms with Gasteiger partial charge in [0.15, 0.2) is 5.96 Å². The van der Waals surface area contributed by atoms with Crippen molar-refractivity contribution >= 4 is 40.0 Å². The molecule has 0 amide bonds. The number of hydrogen-bond donors (Lipinski definition) is 3. The van der Waals surface area contributed by atoms with Crippen LogP contribution in [-0.2, 0) is 28.9 Å². The zero-order valence-corrected chi connectivity index (χ0v) is 19.0. The summed E-state index contributed by atoms with van der Waals surface area (Å²) < 4.78 is 30.9. The van der Waals surface area contributed by atoms with Gasteiger partial charge in [-0.25, -0.2) is 18.1 Å². The standard InChI is InChI=1S/C17H25N5O3S.HI/c1-12-13(2)25-16(22-12)10-21-17(18-3)20-9-14-5-7-15(8-6-14)11-26(23,24)19-4;/h5-8,19H,9-11H2,1-4H3,(H2,18,20,21);1H. The molecule has 0 saturated carbocycles. The highest BCUT2D eigenvalue weighted by Gasteiger charge is 2.09. The van der Waals surface area contributed by atoms with Gasteiger partial charge < -0.3 is 15.1 Å². The Morgan fingerprint density at radius 2 is 1.70 bits per heavy atom. The van der Waals surface area contributed by atoms with Gasteiger partial charge in [0.25, 0.3) is 0 Å². The summed E-state index contributed by atoms with van der Waals surface area (Å²) in [5.74, 6) is 2.01. The second-order valence-corrected chi connectivity index (χ2v) is 7.73. The van der Waals surface area contributed by atoms with Gasteiger partial charge in [0.05, 0.1) is 18.0 Å². The zero-order valence-electron chi connectivity index (χ0n) is 15.9. The van der Waals surface area contributed by atoms with E-state index in [0.29, 0.717) is 24.9 Å². The van der Waals surface area contributed by atoms with Crippen LogP contribution < -0.4 is 15.4 Å². The molecule has 2 rings (SSSR count). The van der Waals surface area contributed by atoms with E-state index in [1.165, 1.54) is 7.05 Å². The van der Waals surface area contributed by atoms with Crippen molar-refractivity contribution in [2.45, 2.75) is 32.7 Å². The number of sulfonamides is 1. The normalized spacial score (nSPS) is 11.8. The van der Waals surface area contributed by atoms with Crippen LogP contribution in [0.3, 0.4) is 0 Å². The summed E-state index contributed by atoms with van der Waals surface area (Å²) in [5.41, 5.74) is 2.63. The second-order valence-electron chi connectivity index (χ2n) is 5.81. The van der Waals surface area contributed by atoms with Gasteiger partial charge in [-0.2, -0.15) is 0 Å². The van der Waals surface area contributed by atoms with E-state index in [9.17, 15) is 8.42 Å². The first kappa shape index (κ1) is 23.4. The van der Waals surface area contributed by atoms with Crippen LogP contribution in [0, 0.1) is 13.8 Å². The van der Waals surface area contributed by atoms with Gasteiger partial charge >= 0.3 is 0 Å². The number of halogens is 1. The van der Waals surface area contributed by atoms with E-state index < -0.39 is 10.0 Å². The van der Waals surface area contributed by atoms with Crippen LogP contribution in [-0.4, -0.2) is 33.5 Å². The third-order valence-corrected chi connectivity index (χ3v) is 5.19. The molecule has 1 aromatic carbocycles. The lowest BCUT2D eigenvalue weighted by molar-refractivity contribution is 0.463. The van der Waals surface area contributed by atoms with E-state index >= 15 is 0 Å². The molecule has 0 spiro atoms. The van der Waals surface area contributed by atoms with E-state index in [-0.39, 0.29) is 29.7 Å². The zero-order chi connectivity index (χ0) is 19.2. The van der Waals surface area contributed by atoms with Crippen molar-refractivity contribution < 1.29 is 12.8 Å². The maximum atomic E-state index is 11.6. The van der Waals surface area contributed by atoms with E-state index in [2.05, 4.69) is 25.3 Å². The Bertz CT molecular complexity index is 844. The smallest absolute Gasteiger partial charge is 0.215 e. The molecule has 0 unspecified atom stereocenters. The Balaban J connectivity index is 0.00000364. The molecular formula is C17H26IN5O3S. The molecule has 0 saturated heterocycles. The van der Waals surface area contributed by atoms with E-state index in [1.807, 2.05) is 26.0 Å². The number of aryl methyl sites for hydroxylation is 2. The molecule has 10 heteroatoms. The summed E-state index contributed by atoms with van der Waals surface area (Å²) in [4.78, 5) is 8.48. The first-order valence-electron chi connectivity index (χ1n) is 8.19. The van der Waals surface area contributed by atoms with Gasteiger partial charge in [-0.05, 0) is 32.0 Å². The first-order chi connectivity index (χ1) is 12.3. The second kappa shape index (κ2) is 10.6. The van der Waals surface area contributed by atoms with Crippen molar-refractivity contribution in [1.29, 1.82) is 0 Å². The molecule has 1 aromatic heterocycles. The minimum absolute atomic E-state index is 0. The number of oxazole rings is 1. The Hall–Kier alpha value is -1.66. The summed E-state index contributed by atoms with van der Waals surface area (Å²) in [6.45, 7) is 4.78. The lowest BCUT2D eigenvalue weighted by atomic mass is 10.1. The SMILES string of the molecule is CN=C(NCc1ccc(CS(=O)(=O)NC)cc1)NCc1nc(C)c(C)o1.I. The lowest BCUT2D eigenvalue weighted by Crippen LogP contribution is -2.36. The molecule has 3 N–H and O–H groups in total. The average Bonchev–Trinajstić information content (AvgIpc) is 2.94. The highest BCUT2D eigenvalue weighted by molar-refractivity contribution is 14.0. The highest BCUT2D eigenvalue weighted by atomic mass is 127. The molecule has 27 heavy (non-hydrogen) atoms. The van der Waals surface area contributed by atoms with Crippen LogP contribution in [0.2, 0.25) is 0 Å². The lowest BCUT2D eigenvalue weighted by Gasteiger charge is -2.11. The summed E-state index contributed by atoms with van der Waals surface area (Å²) in [7, 11) is -0.162. The summed E-state index contributed by atoms with van der Waals surface area (Å²) in [5, 5.41) is 6.34. The third kappa shape index (κ3) is 7.46. The van der Waals surface area contributed by atoms with Gasteiger partial charge in [0.2, 0.25) is 15.9 Å². The highest BCUT2D eigenvalue weighted by Crippen LogP contribution is 2.09. The van der Waals surface area contributed by atoms with Crippen molar-refractivity contribution in [2.75, 3.05) is 14.1 Å². The minimum atomic E-state index is -3.26. The summed E-state index contributed by atoms with van der Waals surface area (Å²) in [6, 6.07) is 7.39. The van der Waals surface area contributed by atoms with Crippen LogP contribution in [0.25, 0.3) is 0 Å². The number of hydrogen-bond acceptors (Lipinski definition) is 5. The molecule has 2 aromatic rings. The molecule has 0 atom stereocenters. The average molecular weight is 507 g/mol. The molecule has 0 aliphatic heterocycles. The molecule has 150 valence electrons. The van der Waals surface area contributed by atoms with Gasteiger partial charge in [0.1, 0.15) is 5.76 Å². The fraction of sp³-hybridized carbons (Fsp3) is 0.412. The maximum Gasteiger partial charge on any atom is 0.215 e. The Kier molecular flexibility index (Phi) is 9.19. The van der Waals surface area contributed by atoms with Crippen molar-refractivity contribution in [3.8, 4) is 0 Å². The maximum absolute atomic E-state index is 11.6. The molecule has 0 bridgehead atoms. The van der Waals surface area contributed by atoms with E-state index in [1.54, 1.807) is 19.2 Å². The van der Waals surface area contributed by atoms with E-state index in [4.69, 9.17) is 4.42 Å². The largest absolute Gasteiger partial charge is 0.444 e. The molecular weight excluding hydrogens is 481 g/mol. The van der Waals surface area contributed by atoms with Gasteiger partial charge in [-0.3, -0.25) is 4.99 Å². The van der Waals surface area contributed by atoms with Crippen molar-refractivity contribution in [2.24, 2.45) is 4.99 Å². The van der Waals surface area contributed by atoms with Crippen molar-refractivity contribution in [3.63, 3.8) is 0 Å². The number of nitrogens with one attached hydrogen (secondary N) is 3. The number of guanidine groups is 1. The first-order valence-corrected chi connectivity index (χ1v) is 9.84. The van der Waals surface area contributed by atoms with Crippen molar-refractivity contribution in [3.05, 3.63) is 52.7 Å². The van der Waals surface area contributed by atoms with Crippen LogP contribution in [0.5, 0.6) is 0 Å². The molecule has 0 aliphatic carbocycles. The van der Waals surface area contributed by atoms with Crippen LogP contribution >= 0.6 is 24.0 Å². The summed E-state index contributed by atoms with van der Waals surface area (Å²) >= 11 is 0. The molecule has 0 aliphatic rings. The molecule has 1 heterocycles. The third-order valence-electron chi connectivity index (χ3n) is 3.85. The fourth-order valence-electron chi connectivity index (χ4n) is 2.23. The number of aromatic nitrogens is 1. The molecule has 0 radical (unpaired) electrons. The molecule has 0 fully saturated rings. The van der Waals surface area contributed by atoms with Crippen LogP contribution in [0.15, 0.2) is 33.7 Å². The van der Waals surface area contributed by atoms with Gasteiger partial charge in [-0.15, -0.1) is 24.0 Å². The topological polar surface area (TPSA) is 109 Å². The number of nitrogens with zero attached hydrogens (tertiary/aromatic N) is 2. The number of rotatable bonds is 7. The monoisotopic (exact) mass is 507 g/mol. The van der Waals surface area contributed by atoms with Crippen LogP contribution in [0.1, 0.15) is 28.5 Å². The quantitative estimate of drug-likeness (QED) is 0.300. The number of benzene rings is 1. The Morgan fingerprint density at radius 1 is 1.11 bits per heavy atom. The Morgan fingerprint density at radius 3 is 2.22 bits per heavy atom. The summed E-state index contributed by atoms with van der Waals surface area (Å²) in [6.07, 6.45) is 0. The fourth-order valence-corrected chi connectivity index (χ4v) is 3.00. The van der Waals surface area contributed by atoms with Crippen molar-refractivity contribution in [1.82, 2.24) is 20.3 Å². The van der Waals surface area contributed by atoms with Gasteiger partial charge in [0, 0.05) is 13.6 Å². The minimum Gasteiger partial charge on any atom is -0.444 e. The predicted octanol–water partition coefficient (Wildman–Crippen LogP) is 1.82. The van der Waals surface area contributed by atoms with Crippen LogP contribution in [0.4, 0.5) is 0 Å². The molecule has 8 nitrogen and oxygen atoms in total. The van der Waals surface area contributed by atoms with Gasteiger partial charge in [-0.1, -0.05) is 24.3 Å². The van der Waals surface area contributed by atoms with E-state index in [0.717, 1.165) is 22.6 Å². The Labute approximate surface area is 177 Å². The predicted molar refractivity (Wildman–Crippen MR) is 117 cm³/mol.